The minimum atomic E-state index is -0.764. The second kappa shape index (κ2) is 11.0. The molecular formula is C27H28O4. The molecule has 0 saturated heterocycles. The third-order valence-corrected chi connectivity index (χ3v) is 5.34. The van der Waals surface area contributed by atoms with Crippen molar-refractivity contribution in [2.24, 2.45) is 0 Å². The Hall–Kier alpha value is -2.76. The van der Waals surface area contributed by atoms with Crippen molar-refractivity contribution in [3.8, 4) is 0 Å². The van der Waals surface area contributed by atoms with E-state index in [1.165, 1.54) is 0 Å². The van der Waals surface area contributed by atoms with Crippen molar-refractivity contribution in [3.05, 3.63) is 119 Å². The van der Waals surface area contributed by atoms with E-state index in [0.717, 1.165) is 22.3 Å². The van der Waals surface area contributed by atoms with E-state index < -0.39 is 12.2 Å². The second-order valence-electron chi connectivity index (χ2n) is 7.69. The summed E-state index contributed by atoms with van der Waals surface area (Å²) in [4.78, 5) is 0. The summed E-state index contributed by atoms with van der Waals surface area (Å²) in [6.45, 7) is 1.71. The SMILES string of the molecule is O[C@@H]1C(COCc2ccccc2)=C[C@H](OCc2ccccc2)[C@@H]1OCc1ccccc1. The predicted molar refractivity (Wildman–Crippen MR) is 120 cm³/mol. The number of ether oxygens (including phenoxy) is 3. The molecule has 3 atom stereocenters. The standard InChI is InChI=1S/C27H28O4/c28-26-24(20-29-17-21-10-4-1-5-11-21)16-25(30-18-22-12-6-2-7-13-22)27(26)31-19-23-14-8-3-9-15-23/h1-16,25-28H,17-20H2/t25-,26+,27-/m0/s1. The Morgan fingerprint density at radius 2 is 1.06 bits per heavy atom. The first kappa shape index (κ1) is 21.5. The molecule has 160 valence electrons. The van der Waals surface area contributed by atoms with Gasteiger partial charge in [-0.2, -0.15) is 0 Å². The highest BCUT2D eigenvalue weighted by Crippen LogP contribution is 2.27. The van der Waals surface area contributed by atoms with Crippen LogP contribution in [0.1, 0.15) is 16.7 Å². The van der Waals surface area contributed by atoms with Crippen LogP contribution in [-0.2, 0) is 34.0 Å². The smallest absolute Gasteiger partial charge is 0.117 e. The number of hydrogen-bond acceptors (Lipinski definition) is 4. The monoisotopic (exact) mass is 416 g/mol. The molecule has 3 aromatic carbocycles. The Balaban J connectivity index is 1.39. The zero-order chi connectivity index (χ0) is 21.3. The molecule has 0 unspecified atom stereocenters. The van der Waals surface area contributed by atoms with Gasteiger partial charge in [0.05, 0.1) is 26.4 Å². The zero-order valence-electron chi connectivity index (χ0n) is 17.5. The molecule has 3 aromatic rings. The molecule has 0 fully saturated rings. The Morgan fingerprint density at radius 3 is 1.61 bits per heavy atom. The molecule has 0 radical (unpaired) electrons. The first-order chi connectivity index (χ1) is 15.3. The molecule has 4 nitrogen and oxygen atoms in total. The maximum absolute atomic E-state index is 10.9. The van der Waals surface area contributed by atoms with E-state index in [4.69, 9.17) is 14.2 Å². The maximum atomic E-state index is 10.9. The van der Waals surface area contributed by atoms with Crippen LogP contribution < -0.4 is 0 Å². The molecule has 0 heterocycles. The van der Waals surface area contributed by atoms with Crippen LogP contribution in [0.4, 0.5) is 0 Å². The fraction of sp³-hybridized carbons (Fsp3) is 0.259. The van der Waals surface area contributed by atoms with Gasteiger partial charge in [0.25, 0.3) is 0 Å². The van der Waals surface area contributed by atoms with E-state index in [0.29, 0.717) is 26.4 Å². The summed E-state index contributed by atoms with van der Waals surface area (Å²) in [5.41, 5.74) is 4.04. The van der Waals surface area contributed by atoms with E-state index in [-0.39, 0.29) is 6.10 Å². The molecule has 0 aromatic heterocycles. The van der Waals surface area contributed by atoms with Crippen LogP contribution in [0, 0.1) is 0 Å². The van der Waals surface area contributed by atoms with Gasteiger partial charge in [-0.15, -0.1) is 0 Å². The van der Waals surface area contributed by atoms with Gasteiger partial charge in [-0.1, -0.05) is 91.0 Å². The fourth-order valence-electron chi connectivity index (χ4n) is 3.65. The minimum Gasteiger partial charge on any atom is -0.386 e. The van der Waals surface area contributed by atoms with E-state index in [1.807, 2.05) is 97.1 Å². The van der Waals surface area contributed by atoms with Crippen molar-refractivity contribution < 1.29 is 19.3 Å². The van der Waals surface area contributed by atoms with Crippen molar-refractivity contribution in [3.63, 3.8) is 0 Å². The second-order valence-corrected chi connectivity index (χ2v) is 7.69. The molecule has 0 spiro atoms. The average Bonchev–Trinajstić information content (AvgIpc) is 3.13. The lowest BCUT2D eigenvalue weighted by molar-refractivity contribution is -0.0964. The summed E-state index contributed by atoms with van der Waals surface area (Å²) in [6, 6.07) is 30.0. The quantitative estimate of drug-likeness (QED) is 0.488. The minimum absolute atomic E-state index is 0.339. The highest BCUT2D eigenvalue weighted by atomic mass is 16.5. The Bertz CT molecular complexity index is 941. The molecular weight excluding hydrogens is 388 g/mol. The van der Waals surface area contributed by atoms with Crippen LogP contribution in [0.3, 0.4) is 0 Å². The highest BCUT2D eigenvalue weighted by molar-refractivity contribution is 5.24. The van der Waals surface area contributed by atoms with Crippen molar-refractivity contribution >= 4 is 0 Å². The van der Waals surface area contributed by atoms with Gasteiger partial charge in [0.15, 0.2) is 0 Å². The molecule has 0 bridgehead atoms. The van der Waals surface area contributed by atoms with E-state index in [9.17, 15) is 5.11 Å². The molecule has 0 amide bonds. The third-order valence-electron chi connectivity index (χ3n) is 5.34. The number of aliphatic hydroxyl groups excluding tert-OH is 1. The zero-order valence-corrected chi connectivity index (χ0v) is 17.5. The molecule has 4 heteroatoms. The summed E-state index contributed by atoms with van der Waals surface area (Å²) in [5, 5.41) is 10.9. The lowest BCUT2D eigenvalue weighted by Crippen LogP contribution is -2.36. The van der Waals surface area contributed by atoms with Gasteiger partial charge < -0.3 is 19.3 Å². The first-order valence-corrected chi connectivity index (χ1v) is 10.6. The van der Waals surface area contributed by atoms with Crippen LogP contribution >= 0.6 is 0 Å². The van der Waals surface area contributed by atoms with Crippen LogP contribution in [0.5, 0.6) is 0 Å². The van der Waals surface area contributed by atoms with Gasteiger partial charge in [-0.05, 0) is 28.3 Å². The number of benzene rings is 3. The van der Waals surface area contributed by atoms with E-state index in [2.05, 4.69) is 0 Å². The Labute approximate surface area is 183 Å². The Morgan fingerprint density at radius 1 is 0.581 bits per heavy atom. The maximum Gasteiger partial charge on any atom is 0.117 e. The van der Waals surface area contributed by atoms with E-state index >= 15 is 0 Å². The number of rotatable bonds is 10. The predicted octanol–water partition coefficient (Wildman–Crippen LogP) is 4.67. The van der Waals surface area contributed by atoms with Crippen molar-refractivity contribution in [1.29, 1.82) is 0 Å². The number of aliphatic hydroxyl groups is 1. The molecule has 1 aliphatic carbocycles. The highest BCUT2D eigenvalue weighted by Gasteiger charge is 2.37. The summed E-state index contributed by atoms with van der Waals surface area (Å²) < 4.78 is 18.1. The third kappa shape index (κ3) is 6.12. The van der Waals surface area contributed by atoms with Crippen LogP contribution in [0.15, 0.2) is 103 Å². The first-order valence-electron chi connectivity index (χ1n) is 10.6. The lowest BCUT2D eigenvalue weighted by Gasteiger charge is -2.24. The van der Waals surface area contributed by atoms with Gasteiger partial charge in [0, 0.05) is 0 Å². The summed E-state index contributed by atoms with van der Waals surface area (Å²) in [7, 11) is 0. The summed E-state index contributed by atoms with van der Waals surface area (Å²) >= 11 is 0. The molecule has 4 rings (SSSR count). The van der Waals surface area contributed by atoms with Gasteiger partial charge >= 0.3 is 0 Å². The largest absolute Gasteiger partial charge is 0.386 e. The molecule has 0 saturated carbocycles. The van der Waals surface area contributed by atoms with Crippen molar-refractivity contribution in [1.82, 2.24) is 0 Å². The summed E-state index contributed by atoms with van der Waals surface area (Å²) in [6.07, 6.45) is 0.377. The van der Waals surface area contributed by atoms with Crippen LogP contribution in [0.25, 0.3) is 0 Å². The van der Waals surface area contributed by atoms with Crippen LogP contribution in [0.2, 0.25) is 0 Å². The summed E-state index contributed by atoms with van der Waals surface area (Å²) in [5.74, 6) is 0. The average molecular weight is 417 g/mol. The van der Waals surface area contributed by atoms with Gasteiger partial charge in [0.1, 0.15) is 18.3 Å². The topological polar surface area (TPSA) is 47.9 Å². The molecule has 0 aliphatic heterocycles. The fourth-order valence-corrected chi connectivity index (χ4v) is 3.65. The van der Waals surface area contributed by atoms with E-state index in [1.54, 1.807) is 0 Å². The van der Waals surface area contributed by atoms with Crippen molar-refractivity contribution in [2.75, 3.05) is 6.61 Å². The molecule has 1 aliphatic rings. The lowest BCUT2D eigenvalue weighted by atomic mass is 10.1. The Kier molecular flexibility index (Phi) is 7.64. The van der Waals surface area contributed by atoms with Gasteiger partial charge in [-0.3, -0.25) is 0 Å². The van der Waals surface area contributed by atoms with Crippen LogP contribution in [-0.4, -0.2) is 30.0 Å². The number of hydrogen-bond donors (Lipinski definition) is 1. The van der Waals surface area contributed by atoms with Crippen molar-refractivity contribution in [2.45, 2.75) is 38.1 Å². The normalized spacial score (nSPS) is 20.5. The molecule has 1 N–H and O–H groups in total. The molecule has 31 heavy (non-hydrogen) atoms. The van der Waals surface area contributed by atoms with Gasteiger partial charge in [-0.25, -0.2) is 0 Å². The van der Waals surface area contributed by atoms with Gasteiger partial charge in [0.2, 0.25) is 0 Å².